The average molecular weight is 444 g/mol. The van der Waals surface area contributed by atoms with Gasteiger partial charge in [-0.05, 0) is 49.9 Å². The van der Waals surface area contributed by atoms with Gasteiger partial charge in [-0.3, -0.25) is 0 Å². The topological polar surface area (TPSA) is 82.1 Å². The summed E-state index contributed by atoms with van der Waals surface area (Å²) in [4.78, 5) is 11.1. The first-order valence-electron chi connectivity index (χ1n) is 10.3. The summed E-state index contributed by atoms with van der Waals surface area (Å²) in [6.45, 7) is 10.4. The number of halogens is 2. The molecule has 0 aliphatic carbocycles. The van der Waals surface area contributed by atoms with Crippen molar-refractivity contribution in [1.29, 1.82) is 0 Å². The van der Waals surface area contributed by atoms with Crippen molar-refractivity contribution in [3.05, 3.63) is 54.4 Å². The molecule has 0 amide bonds. The Kier molecular flexibility index (Phi) is 7.82. The van der Waals surface area contributed by atoms with Crippen LogP contribution < -0.4 is 4.74 Å². The van der Waals surface area contributed by atoms with Gasteiger partial charge < -0.3 is 14.2 Å². The second-order valence-corrected chi connectivity index (χ2v) is 6.94. The molecule has 0 radical (unpaired) electrons. The highest BCUT2D eigenvalue weighted by molar-refractivity contribution is 5.57. The largest absolute Gasteiger partial charge is 0.435 e. The van der Waals surface area contributed by atoms with Crippen LogP contribution >= 0.6 is 0 Å². The minimum absolute atomic E-state index is 0.0515. The van der Waals surface area contributed by atoms with Crippen molar-refractivity contribution in [3.63, 3.8) is 0 Å². The van der Waals surface area contributed by atoms with Gasteiger partial charge in [0.25, 0.3) is 5.89 Å². The molecule has 0 unspecified atom stereocenters. The lowest BCUT2D eigenvalue weighted by atomic mass is 10.2. The van der Waals surface area contributed by atoms with Gasteiger partial charge in [-0.15, -0.1) is 5.10 Å². The maximum atomic E-state index is 12.3. The van der Waals surface area contributed by atoms with E-state index in [4.69, 9.17) is 4.52 Å². The molecule has 2 heterocycles. The molecular weight excluding hydrogens is 418 g/mol. The Balaban J connectivity index is 1.74. The number of aromatic nitrogens is 5. The molecule has 10 heteroatoms. The van der Waals surface area contributed by atoms with Crippen molar-refractivity contribution < 1.29 is 18.0 Å². The number of allylic oxidation sites excluding steroid dienone is 2. The van der Waals surface area contributed by atoms with E-state index in [-0.39, 0.29) is 11.6 Å². The summed E-state index contributed by atoms with van der Waals surface area (Å²) in [5.41, 5.74) is 1.62. The first-order valence-corrected chi connectivity index (χ1v) is 10.3. The monoisotopic (exact) mass is 444 g/mol. The lowest BCUT2D eigenvalue weighted by Crippen LogP contribution is -2.23. The zero-order valence-electron chi connectivity index (χ0n) is 18.3. The minimum atomic E-state index is -2.88. The molecule has 0 atom stereocenters. The summed E-state index contributed by atoms with van der Waals surface area (Å²) in [5.74, 6) is 1.52. The summed E-state index contributed by atoms with van der Waals surface area (Å²) < 4.78 is 36.0. The van der Waals surface area contributed by atoms with E-state index in [0.717, 1.165) is 25.2 Å². The predicted octanol–water partition coefficient (Wildman–Crippen LogP) is 4.36. The number of nitrogens with zero attached hydrogens (tertiary/aromatic N) is 6. The van der Waals surface area contributed by atoms with Crippen LogP contribution in [0.2, 0.25) is 0 Å². The van der Waals surface area contributed by atoms with Gasteiger partial charge in [-0.25, -0.2) is 9.67 Å². The first-order chi connectivity index (χ1) is 15.4. The molecule has 0 saturated carbocycles. The predicted molar refractivity (Wildman–Crippen MR) is 116 cm³/mol. The highest BCUT2D eigenvalue weighted by Gasteiger charge is 2.17. The number of rotatable bonds is 11. The lowest BCUT2D eigenvalue weighted by Gasteiger charge is -2.16. The Hall–Kier alpha value is -3.40. The summed E-state index contributed by atoms with van der Waals surface area (Å²) in [6.07, 6.45) is 3.95. The third kappa shape index (κ3) is 5.85. The van der Waals surface area contributed by atoms with Crippen LogP contribution in [0.15, 0.2) is 53.1 Å². The molecule has 0 bridgehead atoms. The summed E-state index contributed by atoms with van der Waals surface area (Å²) in [6, 6.07) is 5.97. The molecule has 0 N–H and O–H groups in total. The molecule has 0 aliphatic heterocycles. The second kappa shape index (κ2) is 10.8. The molecule has 3 aromatic rings. The third-order valence-corrected chi connectivity index (χ3v) is 4.91. The van der Waals surface area contributed by atoms with Crippen molar-refractivity contribution in [1.82, 2.24) is 29.8 Å². The Morgan fingerprint density at radius 3 is 2.53 bits per heavy atom. The smallest absolute Gasteiger partial charge is 0.387 e. The molecule has 0 fully saturated rings. The fraction of sp³-hybridized carbons (Fsp3) is 0.364. The van der Waals surface area contributed by atoms with Crippen molar-refractivity contribution in [2.45, 2.75) is 33.9 Å². The van der Waals surface area contributed by atoms with Gasteiger partial charge in [0.1, 0.15) is 11.6 Å². The van der Waals surface area contributed by atoms with E-state index in [0.29, 0.717) is 29.6 Å². The van der Waals surface area contributed by atoms with Crippen LogP contribution in [-0.4, -0.2) is 56.1 Å². The van der Waals surface area contributed by atoms with E-state index in [2.05, 4.69) is 56.4 Å². The normalized spacial score (nSPS) is 12.0. The minimum Gasteiger partial charge on any atom is -0.435 e. The highest BCUT2D eigenvalue weighted by atomic mass is 19.3. The number of alkyl halides is 2. The molecule has 0 saturated heterocycles. The maximum Gasteiger partial charge on any atom is 0.387 e. The van der Waals surface area contributed by atoms with Crippen molar-refractivity contribution in [2.75, 3.05) is 19.6 Å². The van der Waals surface area contributed by atoms with Gasteiger partial charge in [-0.2, -0.15) is 13.8 Å². The maximum absolute atomic E-state index is 12.3. The molecule has 8 nitrogen and oxygen atoms in total. The standard InChI is InChI=1S/C22H26F2N6O2/c1-5-16(12-13-29(6-2)7-3)14-30-15(4)25-20(27-30)21-26-19(28-32-21)17-8-10-18(11-9-17)31-22(23)24/h5,8-12,22H,1,6-7,13-14H2,2-4H3/b16-12+. The number of benzene rings is 1. The van der Waals surface area contributed by atoms with Gasteiger partial charge in [0.05, 0.1) is 6.54 Å². The Morgan fingerprint density at radius 2 is 1.91 bits per heavy atom. The van der Waals surface area contributed by atoms with E-state index >= 15 is 0 Å². The van der Waals surface area contributed by atoms with Crippen molar-refractivity contribution >= 4 is 0 Å². The van der Waals surface area contributed by atoms with E-state index in [1.165, 1.54) is 12.1 Å². The van der Waals surface area contributed by atoms with E-state index in [1.54, 1.807) is 16.8 Å². The average Bonchev–Trinajstić information content (AvgIpc) is 3.41. The summed E-state index contributed by atoms with van der Waals surface area (Å²) in [5, 5.41) is 8.43. The van der Waals surface area contributed by atoms with E-state index in [9.17, 15) is 8.78 Å². The van der Waals surface area contributed by atoms with E-state index in [1.807, 2.05) is 13.0 Å². The SMILES string of the molecule is C=C/C(=C\CN(CC)CC)Cn1nc(-c2nc(-c3ccc(OC(F)F)cc3)no2)nc1C. The van der Waals surface area contributed by atoms with E-state index < -0.39 is 6.61 Å². The number of likely N-dealkylation sites (N-methyl/N-ethyl adjacent to an activating group) is 1. The Labute approximate surface area is 185 Å². The number of hydrogen-bond donors (Lipinski definition) is 0. The van der Waals surface area contributed by atoms with Gasteiger partial charge in [0, 0.05) is 12.1 Å². The third-order valence-electron chi connectivity index (χ3n) is 4.91. The Morgan fingerprint density at radius 1 is 1.19 bits per heavy atom. The van der Waals surface area contributed by atoms with Crippen LogP contribution in [0.1, 0.15) is 19.7 Å². The zero-order chi connectivity index (χ0) is 23.1. The molecule has 3 rings (SSSR count). The lowest BCUT2D eigenvalue weighted by molar-refractivity contribution is -0.0498. The van der Waals surface area contributed by atoms with Gasteiger partial charge in [0.15, 0.2) is 0 Å². The molecule has 32 heavy (non-hydrogen) atoms. The fourth-order valence-corrected chi connectivity index (χ4v) is 2.99. The number of ether oxygens (including phenoxy) is 1. The fourth-order valence-electron chi connectivity index (χ4n) is 2.99. The van der Waals surface area contributed by atoms with Crippen LogP contribution in [0, 0.1) is 6.92 Å². The van der Waals surface area contributed by atoms with Gasteiger partial charge in [-0.1, -0.05) is 37.7 Å². The molecule has 170 valence electrons. The zero-order valence-corrected chi connectivity index (χ0v) is 18.3. The molecule has 1 aromatic carbocycles. The molecule has 0 spiro atoms. The van der Waals surface area contributed by atoms with Crippen LogP contribution in [0.25, 0.3) is 23.1 Å². The molecular formula is C22H26F2N6O2. The van der Waals surface area contributed by atoms with Crippen LogP contribution in [0.3, 0.4) is 0 Å². The Bertz CT molecular complexity index is 1050. The van der Waals surface area contributed by atoms with Gasteiger partial charge in [0.2, 0.25) is 11.6 Å². The van der Waals surface area contributed by atoms with Crippen LogP contribution in [0.5, 0.6) is 5.75 Å². The molecule has 0 aliphatic rings. The summed E-state index contributed by atoms with van der Waals surface area (Å²) >= 11 is 0. The first kappa shape index (κ1) is 23.3. The van der Waals surface area contributed by atoms with Crippen LogP contribution in [0.4, 0.5) is 8.78 Å². The number of hydrogen-bond acceptors (Lipinski definition) is 7. The second-order valence-electron chi connectivity index (χ2n) is 6.94. The quantitative estimate of drug-likeness (QED) is 0.407. The van der Waals surface area contributed by atoms with Crippen molar-refractivity contribution in [2.24, 2.45) is 0 Å². The van der Waals surface area contributed by atoms with Gasteiger partial charge >= 0.3 is 6.61 Å². The molecule has 2 aromatic heterocycles. The summed E-state index contributed by atoms with van der Waals surface area (Å²) in [7, 11) is 0. The van der Waals surface area contributed by atoms with Crippen molar-refractivity contribution in [3.8, 4) is 28.9 Å². The highest BCUT2D eigenvalue weighted by Crippen LogP contribution is 2.23. The number of aryl methyl sites for hydroxylation is 1. The van der Waals surface area contributed by atoms with Crippen LogP contribution in [-0.2, 0) is 6.54 Å².